The lowest BCUT2D eigenvalue weighted by Crippen LogP contribution is -2.42. The standard InChI is InChI=1S/C11H10BrNO5/c12-7-4-2-1-3-6(7)10(16)13-8(11(17)18)5-9(14)15/h1-4,8H,5H2,(H,13,16)(H,14,15)(H,17,18). The van der Waals surface area contributed by atoms with Crippen LogP contribution in [0.25, 0.3) is 0 Å². The molecule has 1 aromatic rings. The van der Waals surface area contributed by atoms with Crippen molar-refractivity contribution in [3.63, 3.8) is 0 Å². The molecule has 0 aliphatic heterocycles. The zero-order valence-electron chi connectivity index (χ0n) is 9.09. The molecule has 0 aliphatic carbocycles. The van der Waals surface area contributed by atoms with Gasteiger partial charge in [0.25, 0.3) is 5.91 Å². The lowest BCUT2D eigenvalue weighted by Gasteiger charge is -2.12. The summed E-state index contributed by atoms with van der Waals surface area (Å²) in [4.78, 5) is 33.0. The number of amides is 1. The van der Waals surface area contributed by atoms with Gasteiger partial charge < -0.3 is 15.5 Å². The molecule has 1 atom stereocenters. The molecular weight excluding hydrogens is 306 g/mol. The number of aliphatic carboxylic acids is 2. The van der Waals surface area contributed by atoms with Gasteiger partial charge in [-0.05, 0) is 28.1 Å². The topological polar surface area (TPSA) is 104 Å². The third-order valence-electron chi connectivity index (χ3n) is 2.10. The number of halogens is 1. The zero-order chi connectivity index (χ0) is 13.7. The van der Waals surface area contributed by atoms with Gasteiger partial charge >= 0.3 is 11.9 Å². The van der Waals surface area contributed by atoms with Crippen LogP contribution >= 0.6 is 15.9 Å². The molecule has 3 N–H and O–H groups in total. The highest BCUT2D eigenvalue weighted by molar-refractivity contribution is 9.10. The number of carboxylic acid groups (broad SMARTS) is 2. The number of nitrogens with one attached hydrogen (secondary N) is 1. The van der Waals surface area contributed by atoms with E-state index in [4.69, 9.17) is 10.2 Å². The molecular formula is C11H10BrNO5. The average molecular weight is 316 g/mol. The van der Waals surface area contributed by atoms with Crippen LogP contribution in [0.2, 0.25) is 0 Å². The Morgan fingerprint density at radius 1 is 1.22 bits per heavy atom. The van der Waals surface area contributed by atoms with E-state index in [2.05, 4.69) is 21.2 Å². The molecule has 1 amide bonds. The van der Waals surface area contributed by atoms with Gasteiger partial charge in [0.2, 0.25) is 0 Å². The van der Waals surface area contributed by atoms with Crippen molar-refractivity contribution in [3.05, 3.63) is 34.3 Å². The van der Waals surface area contributed by atoms with Crippen LogP contribution in [-0.4, -0.2) is 34.1 Å². The second-order valence-electron chi connectivity index (χ2n) is 3.44. The van der Waals surface area contributed by atoms with Crippen LogP contribution in [0.5, 0.6) is 0 Å². The van der Waals surface area contributed by atoms with Gasteiger partial charge in [-0.1, -0.05) is 12.1 Å². The van der Waals surface area contributed by atoms with Crippen LogP contribution in [-0.2, 0) is 9.59 Å². The second-order valence-corrected chi connectivity index (χ2v) is 4.30. The first-order valence-corrected chi connectivity index (χ1v) is 5.71. The van der Waals surface area contributed by atoms with Gasteiger partial charge in [-0.2, -0.15) is 0 Å². The fraction of sp³-hybridized carbons (Fsp3) is 0.182. The third-order valence-corrected chi connectivity index (χ3v) is 2.79. The molecule has 1 unspecified atom stereocenters. The van der Waals surface area contributed by atoms with Crippen molar-refractivity contribution >= 4 is 33.8 Å². The van der Waals surface area contributed by atoms with E-state index < -0.39 is 30.3 Å². The smallest absolute Gasteiger partial charge is 0.326 e. The van der Waals surface area contributed by atoms with Crippen LogP contribution in [0.1, 0.15) is 16.8 Å². The Morgan fingerprint density at radius 3 is 2.33 bits per heavy atom. The van der Waals surface area contributed by atoms with E-state index >= 15 is 0 Å². The number of carbonyl (C=O) groups is 3. The number of carboxylic acids is 2. The molecule has 0 spiro atoms. The maximum Gasteiger partial charge on any atom is 0.326 e. The third kappa shape index (κ3) is 3.85. The molecule has 0 fully saturated rings. The second kappa shape index (κ2) is 6.15. The average Bonchev–Trinajstić information content (AvgIpc) is 2.27. The number of hydrogen-bond acceptors (Lipinski definition) is 3. The highest BCUT2D eigenvalue weighted by Crippen LogP contribution is 2.15. The molecule has 0 radical (unpaired) electrons. The zero-order valence-corrected chi connectivity index (χ0v) is 10.7. The highest BCUT2D eigenvalue weighted by Gasteiger charge is 2.24. The van der Waals surface area contributed by atoms with Crippen molar-refractivity contribution in [2.75, 3.05) is 0 Å². The Hall–Kier alpha value is -1.89. The molecule has 18 heavy (non-hydrogen) atoms. The van der Waals surface area contributed by atoms with Gasteiger partial charge in [-0.15, -0.1) is 0 Å². The highest BCUT2D eigenvalue weighted by atomic mass is 79.9. The van der Waals surface area contributed by atoms with Gasteiger partial charge in [0.1, 0.15) is 6.04 Å². The minimum absolute atomic E-state index is 0.245. The van der Waals surface area contributed by atoms with Gasteiger partial charge in [-0.3, -0.25) is 9.59 Å². The van der Waals surface area contributed by atoms with Gasteiger partial charge in [0.05, 0.1) is 12.0 Å². The Kier molecular flexibility index (Phi) is 4.85. The molecule has 96 valence electrons. The first-order chi connectivity index (χ1) is 8.41. The fourth-order valence-electron chi connectivity index (χ4n) is 1.26. The minimum Gasteiger partial charge on any atom is -0.481 e. The molecule has 0 saturated heterocycles. The van der Waals surface area contributed by atoms with E-state index in [1.165, 1.54) is 6.07 Å². The summed E-state index contributed by atoms with van der Waals surface area (Å²) >= 11 is 3.15. The SMILES string of the molecule is O=C(O)CC(NC(=O)c1ccccc1Br)C(=O)O. The molecule has 6 nitrogen and oxygen atoms in total. The van der Waals surface area contributed by atoms with Gasteiger partial charge in [0, 0.05) is 4.47 Å². The Morgan fingerprint density at radius 2 is 1.83 bits per heavy atom. The Labute approximate surface area is 111 Å². The predicted molar refractivity (Wildman–Crippen MR) is 65.3 cm³/mol. The summed E-state index contributed by atoms with van der Waals surface area (Å²) in [5, 5.41) is 19.5. The molecule has 1 aromatic carbocycles. The van der Waals surface area contributed by atoms with Crippen LogP contribution in [0.15, 0.2) is 28.7 Å². The van der Waals surface area contributed by atoms with E-state index in [1.54, 1.807) is 18.2 Å². The number of carbonyl (C=O) groups excluding carboxylic acids is 1. The summed E-state index contributed by atoms with van der Waals surface area (Å²) in [5.41, 5.74) is 0.245. The van der Waals surface area contributed by atoms with E-state index in [-0.39, 0.29) is 5.56 Å². The largest absolute Gasteiger partial charge is 0.481 e. The van der Waals surface area contributed by atoms with Crippen molar-refractivity contribution in [1.82, 2.24) is 5.32 Å². The number of rotatable bonds is 5. The quantitative estimate of drug-likeness (QED) is 0.755. The van der Waals surface area contributed by atoms with Gasteiger partial charge in [-0.25, -0.2) is 4.79 Å². The molecule has 0 aromatic heterocycles. The predicted octanol–water partition coefficient (Wildman–Crippen LogP) is 1.11. The van der Waals surface area contributed by atoms with Crippen LogP contribution in [0.3, 0.4) is 0 Å². The lowest BCUT2D eigenvalue weighted by atomic mass is 10.1. The normalized spacial score (nSPS) is 11.6. The van der Waals surface area contributed by atoms with E-state index in [0.29, 0.717) is 4.47 Å². The minimum atomic E-state index is -1.46. The van der Waals surface area contributed by atoms with Crippen molar-refractivity contribution in [3.8, 4) is 0 Å². The summed E-state index contributed by atoms with van der Waals surface area (Å²) in [7, 11) is 0. The summed E-state index contributed by atoms with van der Waals surface area (Å²) in [6.45, 7) is 0. The first-order valence-electron chi connectivity index (χ1n) is 4.92. The molecule has 0 aliphatic rings. The molecule has 7 heteroatoms. The maximum atomic E-state index is 11.8. The Balaban J connectivity index is 2.82. The van der Waals surface area contributed by atoms with Crippen LogP contribution in [0.4, 0.5) is 0 Å². The van der Waals surface area contributed by atoms with Crippen LogP contribution in [0, 0.1) is 0 Å². The van der Waals surface area contributed by atoms with Crippen molar-refractivity contribution < 1.29 is 24.6 Å². The van der Waals surface area contributed by atoms with E-state index in [0.717, 1.165) is 0 Å². The number of hydrogen-bond donors (Lipinski definition) is 3. The van der Waals surface area contributed by atoms with E-state index in [1.807, 2.05) is 0 Å². The van der Waals surface area contributed by atoms with Crippen molar-refractivity contribution in [2.24, 2.45) is 0 Å². The summed E-state index contributed by atoms with van der Waals surface area (Å²) in [6.07, 6.45) is -0.675. The summed E-state index contributed by atoms with van der Waals surface area (Å²) < 4.78 is 0.502. The van der Waals surface area contributed by atoms with Crippen LogP contribution < -0.4 is 5.32 Å². The molecule has 0 saturated carbocycles. The molecule has 0 bridgehead atoms. The summed E-state index contributed by atoms with van der Waals surface area (Å²) in [6, 6.07) is 4.99. The van der Waals surface area contributed by atoms with Crippen molar-refractivity contribution in [1.29, 1.82) is 0 Å². The molecule has 0 heterocycles. The van der Waals surface area contributed by atoms with Crippen molar-refractivity contribution in [2.45, 2.75) is 12.5 Å². The fourth-order valence-corrected chi connectivity index (χ4v) is 1.72. The lowest BCUT2D eigenvalue weighted by molar-refractivity contribution is -0.145. The van der Waals surface area contributed by atoms with E-state index in [9.17, 15) is 14.4 Å². The maximum absolute atomic E-state index is 11.8. The first kappa shape index (κ1) is 14.2. The van der Waals surface area contributed by atoms with Gasteiger partial charge in [0.15, 0.2) is 0 Å². The number of benzene rings is 1. The molecule has 1 rings (SSSR count). The monoisotopic (exact) mass is 315 g/mol. The summed E-state index contributed by atoms with van der Waals surface area (Å²) in [5.74, 6) is -3.33. The Bertz CT molecular complexity index is 488.